The van der Waals surface area contributed by atoms with Crippen LogP contribution < -0.4 is 0 Å². The van der Waals surface area contributed by atoms with Crippen molar-refractivity contribution >= 4 is 22.1 Å². The second kappa shape index (κ2) is 10.2. The topological polar surface area (TPSA) is 116 Å². The molecule has 0 amide bonds. The van der Waals surface area contributed by atoms with E-state index in [1.54, 1.807) is 0 Å². The van der Waals surface area contributed by atoms with Crippen molar-refractivity contribution in [2.75, 3.05) is 6.61 Å². The molecule has 0 bridgehead atoms. The van der Waals surface area contributed by atoms with Gasteiger partial charge in [-0.3, -0.25) is 4.55 Å². The number of carbonyl (C=O) groups is 2. The zero-order valence-corrected chi connectivity index (χ0v) is 17.3. The molecule has 1 aromatic carbocycles. The number of alkyl halides is 7. The summed E-state index contributed by atoms with van der Waals surface area (Å²) in [6.07, 6.45) is -8.72. The van der Waals surface area contributed by atoms with E-state index in [-0.39, 0.29) is 5.56 Å². The molecule has 0 spiro atoms. The minimum absolute atomic E-state index is 0.0764. The zero-order chi connectivity index (χ0) is 26.6. The molecule has 0 heterocycles. The molecule has 1 N–H and O–H groups in total. The van der Waals surface area contributed by atoms with Crippen LogP contribution in [0.3, 0.4) is 0 Å². The molecule has 8 nitrogen and oxygen atoms in total. The van der Waals surface area contributed by atoms with Gasteiger partial charge in [0.2, 0.25) is 5.83 Å². The van der Waals surface area contributed by atoms with Crippen LogP contribution >= 0.6 is 0 Å². The lowest BCUT2D eigenvalue weighted by Crippen LogP contribution is -2.59. The Morgan fingerprint density at radius 3 is 1.97 bits per heavy atom. The van der Waals surface area contributed by atoms with Gasteiger partial charge in [0.1, 0.15) is 6.61 Å². The van der Waals surface area contributed by atoms with Crippen molar-refractivity contribution in [1.29, 1.82) is 0 Å². The van der Waals surface area contributed by atoms with Gasteiger partial charge in [0, 0.05) is 6.42 Å². The van der Waals surface area contributed by atoms with E-state index in [2.05, 4.69) is 20.8 Å². The lowest BCUT2D eigenvalue weighted by molar-refractivity contribution is -0.357. The first-order valence-electron chi connectivity index (χ1n) is 8.51. The van der Waals surface area contributed by atoms with Crippen LogP contribution in [0.1, 0.15) is 12.0 Å². The molecular formula is C17H14F8O8S. The van der Waals surface area contributed by atoms with Crippen molar-refractivity contribution in [3.63, 3.8) is 0 Å². The van der Waals surface area contributed by atoms with E-state index in [1.807, 2.05) is 0 Å². The second-order valence-corrected chi connectivity index (χ2v) is 7.73. The van der Waals surface area contributed by atoms with Crippen LogP contribution in [0.4, 0.5) is 35.1 Å². The fourth-order valence-electron chi connectivity index (χ4n) is 2.05. The van der Waals surface area contributed by atoms with Crippen LogP contribution in [0.5, 0.6) is 0 Å². The first-order chi connectivity index (χ1) is 15.3. The summed E-state index contributed by atoms with van der Waals surface area (Å²) in [7, 11) is -6.74. The fraction of sp³-hybridized carbons (Fsp3) is 0.412. The Bertz CT molecular complexity index is 1010. The molecule has 1 aromatic rings. The number of hydrogen-bond acceptors (Lipinski definition) is 7. The quantitative estimate of drug-likeness (QED) is 0.152. The molecule has 0 aromatic heterocycles. The third kappa shape index (κ3) is 6.41. The van der Waals surface area contributed by atoms with Gasteiger partial charge in [0.15, 0.2) is 0 Å². The lowest BCUT2D eigenvalue weighted by atomic mass is 10.2. The normalized spacial score (nSPS) is 14.7. The second-order valence-electron chi connectivity index (χ2n) is 6.27. The summed E-state index contributed by atoms with van der Waals surface area (Å²) in [5, 5.41) is -6.18. The van der Waals surface area contributed by atoms with Gasteiger partial charge in [0.25, 0.3) is 0 Å². The van der Waals surface area contributed by atoms with Crippen LogP contribution in [-0.4, -0.2) is 54.7 Å². The van der Waals surface area contributed by atoms with E-state index in [1.165, 1.54) is 30.3 Å². The van der Waals surface area contributed by atoms with Gasteiger partial charge < -0.3 is 14.2 Å². The maximum atomic E-state index is 13.7. The predicted octanol–water partition coefficient (Wildman–Crippen LogP) is 3.54. The molecule has 0 fully saturated rings. The molecule has 17 heteroatoms. The third-order valence-electron chi connectivity index (χ3n) is 3.78. The van der Waals surface area contributed by atoms with E-state index >= 15 is 0 Å². The van der Waals surface area contributed by atoms with Crippen LogP contribution in [0.2, 0.25) is 0 Å². The Labute approximate surface area is 185 Å². The lowest BCUT2D eigenvalue weighted by Gasteiger charge is -2.32. The van der Waals surface area contributed by atoms with Gasteiger partial charge in [-0.25, -0.2) is 9.59 Å². The number of halogens is 8. The number of esters is 2. The van der Waals surface area contributed by atoms with Crippen molar-refractivity contribution in [1.82, 2.24) is 0 Å². The van der Waals surface area contributed by atoms with Crippen LogP contribution in [0.15, 0.2) is 42.7 Å². The molecule has 0 saturated carbocycles. The first-order valence-corrected chi connectivity index (χ1v) is 9.95. The number of carbonyl (C=O) groups excluding carboxylic acids is 2. The van der Waals surface area contributed by atoms with Gasteiger partial charge in [-0.1, -0.05) is 36.9 Å². The van der Waals surface area contributed by atoms with E-state index in [4.69, 9.17) is 4.55 Å². The summed E-state index contributed by atoms with van der Waals surface area (Å²) >= 11 is 0. The monoisotopic (exact) mass is 530 g/mol. The van der Waals surface area contributed by atoms with Gasteiger partial charge in [-0.2, -0.15) is 43.5 Å². The predicted molar refractivity (Wildman–Crippen MR) is 93.4 cm³/mol. The van der Waals surface area contributed by atoms with Crippen LogP contribution in [0, 0.1) is 0 Å². The Morgan fingerprint density at radius 2 is 1.53 bits per heavy atom. The maximum Gasteiger partial charge on any atom is 0.468 e. The first kappa shape index (κ1) is 29.2. The molecule has 0 aliphatic carbocycles. The Kier molecular flexibility index (Phi) is 8.79. The number of rotatable bonds is 11. The average molecular weight is 530 g/mol. The van der Waals surface area contributed by atoms with Gasteiger partial charge in [-0.05, 0) is 5.56 Å². The molecule has 34 heavy (non-hydrogen) atoms. The van der Waals surface area contributed by atoms with Crippen molar-refractivity contribution in [3.05, 3.63) is 48.3 Å². The van der Waals surface area contributed by atoms with Gasteiger partial charge in [-0.15, -0.1) is 0 Å². The van der Waals surface area contributed by atoms with E-state index in [0.29, 0.717) is 0 Å². The van der Waals surface area contributed by atoms with Crippen molar-refractivity contribution in [2.45, 2.75) is 36.2 Å². The summed E-state index contributed by atoms with van der Waals surface area (Å²) in [6, 6.07) is 6.75. The van der Waals surface area contributed by atoms with Crippen molar-refractivity contribution in [2.24, 2.45) is 0 Å². The minimum atomic E-state index is -6.74. The highest BCUT2D eigenvalue weighted by Crippen LogP contribution is 2.42. The summed E-state index contributed by atoms with van der Waals surface area (Å²) in [4.78, 5) is 23.6. The largest absolute Gasteiger partial charge is 0.468 e. The standard InChI is InChI=1S/C17H14F8O8S/c1-10(18)12(26)33-15(16(21,22)23,13(27)31-9-11-5-3-2-4-6-11)32-8-7-14(19,20)17(24,25)34(28,29)30/h2-6H,1,7-9H2,(H,28,29,30). The zero-order valence-electron chi connectivity index (χ0n) is 16.5. The van der Waals surface area contributed by atoms with Gasteiger partial charge in [0.05, 0.1) is 6.61 Å². The Balaban J connectivity index is 3.28. The SMILES string of the molecule is C=C(F)C(=O)OC(OCCC(F)(F)C(F)(F)S(=O)(=O)O)(C(=O)OCc1ccccc1)C(F)(F)F. The molecule has 0 aliphatic heterocycles. The summed E-state index contributed by atoms with van der Waals surface area (Å²) in [5.41, 5.74) is 0.0764. The average Bonchev–Trinajstić information content (AvgIpc) is 2.69. The maximum absolute atomic E-state index is 13.7. The Morgan fingerprint density at radius 1 is 1.00 bits per heavy atom. The smallest absolute Gasteiger partial charge is 0.456 e. The molecule has 0 radical (unpaired) electrons. The third-order valence-corrected chi connectivity index (χ3v) is 4.73. The van der Waals surface area contributed by atoms with Crippen LogP contribution in [-0.2, 0) is 40.5 Å². The molecule has 1 rings (SSSR count). The van der Waals surface area contributed by atoms with Crippen molar-refractivity contribution in [3.8, 4) is 0 Å². The Hall–Kier alpha value is -2.79. The summed E-state index contributed by atoms with van der Waals surface area (Å²) < 4.78 is 149. The number of hydrogen-bond donors (Lipinski definition) is 1. The molecule has 0 aliphatic rings. The van der Waals surface area contributed by atoms with E-state index in [9.17, 15) is 53.1 Å². The summed E-state index contributed by atoms with van der Waals surface area (Å²) in [6.45, 7) is -0.833. The van der Waals surface area contributed by atoms with Crippen LogP contribution in [0.25, 0.3) is 0 Å². The molecular weight excluding hydrogens is 516 g/mol. The highest BCUT2D eigenvalue weighted by molar-refractivity contribution is 7.87. The molecule has 192 valence electrons. The fourth-order valence-corrected chi connectivity index (χ4v) is 2.53. The highest BCUT2D eigenvalue weighted by atomic mass is 32.2. The van der Waals surface area contributed by atoms with Gasteiger partial charge >= 0.3 is 45.2 Å². The van der Waals surface area contributed by atoms with Crippen molar-refractivity contribution < 1.29 is 71.9 Å². The molecule has 1 unspecified atom stereocenters. The number of ether oxygens (including phenoxy) is 3. The highest BCUT2D eigenvalue weighted by Gasteiger charge is 2.69. The molecule has 0 saturated heterocycles. The van der Waals surface area contributed by atoms with E-state index in [0.717, 1.165) is 0 Å². The van der Waals surface area contributed by atoms with E-state index < -0.39 is 70.7 Å². The summed E-state index contributed by atoms with van der Waals surface area (Å²) in [5.74, 6) is -18.1. The number of benzene rings is 1. The minimum Gasteiger partial charge on any atom is -0.456 e. The molecule has 1 atom stereocenters.